The van der Waals surface area contributed by atoms with E-state index in [4.69, 9.17) is 5.84 Å². The van der Waals surface area contributed by atoms with Gasteiger partial charge in [-0.3, -0.25) is 0 Å². The van der Waals surface area contributed by atoms with Crippen LogP contribution in [-0.4, -0.2) is 20.1 Å². The van der Waals surface area contributed by atoms with Crippen molar-refractivity contribution in [1.29, 1.82) is 0 Å². The smallest absolute Gasteiger partial charge is 0.210 e. The van der Waals surface area contributed by atoms with Crippen LogP contribution in [0.4, 0.5) is 0 Å². The highest BCUT2D eigenvalue weighted by molar-refractivity contribution is 7.99. The second-order valence-corrected chi connectivity index (χ2v) is 5.75. The van der Waals surface area contributed by atoms with Crippen LogP contribution in [0.2, 0.25) is 0 Å². The average Bonchev–Trinajstić information content (AvgIpc) is 2.61. The molecule has 4 nitrogen and oxygen atoms in total. The van der Waals surface area contributed by atoms with Crippen LogP contribution in [0.5, 0.6) is 0 Å². The second kappa shape index (κ2) is 4.79. The molecule has 0 saturated heterocycles. The largest absolute Gasteiger partial charge is 0.335 e. The summed E-state index contributed by atoms with van der Waals surface area (Å²) in [5, 5.41) is 9.42. The summed E-state index contributed by atoms with van der Waals surface area (Å²) < 4.78 is 1.55. The molecule has 1 heterocycles. The Hall–Kier alpha value is -1.49. The van der Waals surface area contributed by atoms with Crippen molar-refractivity contribution < 1.29 is 0 Å². The molecule has 0 aliphatic carbocycles. The van der Waals surface area contributed by atoms with E-state index >= 15 is 0 Å². The standard InChI is InChI=1S/C12H16N4S/c1-8(2)17-12-15-14-11(16(12)13)10-6-4-9(3)5-7-10/h4-8H,13H2,1-3H3. The third-order valence-corrected chi connectivity index (χ3v) is 3.28. The normalized spacial score (nSPS) is 11.1. The van der Waals surface area contributed by atoms with Crippen molar-refractivity contribution in [2.45, 2.75) is 31.2 Å². The summed E-state index contributed by atoms with van der Waals surface area (Å²) in [5.41, 5.74) is 2.20. The Morgan fingerprint density at radius 1 is 1.18 bits per heavy atom. The maximum Gasteiger partial charge on any atom is 0.210 e. The van der Waals surface area contributed by atoms with Crippen LogP contribution in [0.15, 0.2) is 29.4 Å². The van der Waals surface area contributed by atoms with Crippen molar-refractivity contribution in [3.63, 3.8) is 0 Å². The number of benzene rings is 1. The number of thioether (sulfide) groups is 1. The SMILES string of the molecule is Cc1ccc(-c2nnc(SC(C)C)n2N)cc1. The molecule has 0 bridgehead atoms. The van der Waals surface area contributed by atoms with Gasteiger partial charge in [0.05, 0.1) is 0 Å². The summed E-state index contributed by atoms with van der Waals surface area (Å²) in [6.45, 7) is 6.26. The van der Waals surface area contributed by atoms with Gasteiger partial charge in [-0.25, -0.2) is 4.68 Å². The lowest BCUT2D eigenvalue weighted by molar-refractivity contribution is 0.844. The molecule has 0 radical (unpaired) electrons. The van der Waals surface area contributed by atoms with Gasteiger partial charge in [0.15, 0.2) is 5.82 Å². The fourth-order valence-corrected chi connectivity index (χ4v) is 2.18. The van der Waals surface area contributed by atoms with E-state index in [1.807, 2.05) is 24.3 Å². The molecule has 2 aromatic rings. The van der Waals surface area contributed by atoms with E-state index in [1.54, 1.807) is 16.4 Å². The number of nitrogens with two attached hydrogens (primary N) is 1. The van der Waals surface area contributed by atoms with Gasteiger partial charge < -0.3 is 5.84 Å². The van der Waals surface area contributed by atoms with Crippen LogP contribution in [0, 0.1) is 6.92 Å². The van der Waals surface area contributed by atoms with E-state index in [-0.39, 0.29) is 0 Å². The average molecular weight is 248 g/mol. The van der Waals surface area contributed by atoms with E-state index in [9.17, 15) is 0 Å². The fraction of sp³-hybridized carbons (Fsp3) is 0.333. The zero-order valence-corrected chi connectivity index (χ0v) is 11.0. The minimum Gasteiger partial charge on any atom is -0.335 e. The number of aromatic nitrogens is 3. The van der Waals surface area contributed by atoms with Gasteiger partial charge >= 0.3 is 0 Å². The maximum atomic E-state index is 5.99. The fourth-order valence-electron chi connectivity index (χ4n) is 1.47. The van der Waals surface area contributed by atoms with Crippen LogP contribution < -0.4 is 5.84 Å². The molecule has 90 valence electrons. The summed E-state index contributed by atoms with van der Waals surface area (Å²) in [4.78, 5) is 0. The molecule has 1 aromatic carbocycles. The predicted molar refractivity (Wildman–Crippen MR) is 71.3 cm³/mol. The number of hydrogen-bond donors (Lipinski definition) is 1. The van der Waals surface area contributed by atoms with Gasteiger partial charge in [-0.15, -0.1) is 10.2 Å². The zero-order chi connectivity index (χ0) is 12.4. The van der Waals surface area contributed by atoms with Gasteiger partial charge in [-0.1, -0.05) is 55.4 Å². The molecule has 0 unspecified atom stereocenters. The molecule has 0 saturated carbocycles. The molecule has 2 N–H and O–H groups in total. The van der Waals surface area contributed by atoms with Crippen LogP contribution >= 0.6 is 11.8 Å². The van der Waals surface area contributed by atoms with Gasteiger partial charge in [0.2, 0.25) is 5.16 Å². The van der Waals surface area contributed by atoms with Crippen LogP contribution in [0.3, 0.4) is 0 Å². The predicted octanol–water partition coefficient (Wildman–Crippen LogP) is 2.47. The van der Waals surface area contributed by atoms with E-state index in [2.05, 4.69) is 31.0 Å². The first-order valence-corrected chi connectivity index (χ1v) is 6.40. The Morgan fingerprint density at radius 2 is 1.82 bits per heavy atom. The topological polar surface area (TPSA) is 56.7 Å². The van der Waals surface area contributed by atoms with Gasteiger partial charge in [0, 0.05) is 10.8 Å². The minimum atomic E-state index is 0.437. The molecule has 5 heteroatoms. The van der Waals surface area contributed by atoms with E-state index in [1.165, 1.54) is 5.56 Å². The zero-order valence-electron chi connectivity index (χ0n) is 10.2. The first kappa shape index (κ1) is 12.0. The summed E-state index contributed by atoms with van der Waals surface area (Å²) in [6, 6.07) is 8.09. The Bertz CT molecular complexity index is 502. The number of hydrogen-bond acceptors (Lipinski definition) is 4. The van der Waals surface area contributed by atoms with E-state index in [0.29, 0.717) is 11.1 Å². The van der Waals surface area contributed by atoms with Gasteiger partial charge in [0.1, 0.15) is 0 Å². The highest BCUT2D eigenvalue weighted by atomic mass is 32.2. The van der Waals surface area contributed by atoms with Crippen molar-refractivity contribution in [2.24, 2.45) is 0 Å². The van der Waals surface area contributed by atoms with Crippen molar-refractivity contribution >= 4 is 11.8 Å². The Kier molecular flexibility index (Phi) is 3.38. The number of rotatable bonds is 3. The van der Waals surface area contributed by atoms with Crippen molar-refractivity contribution in [3.8, 4) is 11.4 Å². The Morgan fingerprint density at radius 3 is 2.41 bits per heavy atom. The highest BCUT2D eigenvalue weighted by Gasteiger charge is 2.12. The first-order chi connectivity index (χ1) is 8.08. The van der Waals surface area contributed by atoms with Crippen molar-refractivity contribution in [1.82, 2.24) is 14.9 Å². The molecular formula is C12H16N4S. The van der Waals surface area contributed by atoms with Crippen LogP contribution in [-0.2, 0) is 0 Å². The summed E-state index contributed by atoms with van der Waals surface area (Å²) in [5.74, 6) is 6.69. The summed E-state index contributed by atoms with van der Waals surface area (Å²) in [6.07, 6.45) is 0. The lowest BCUT2D eigenvalue weighted by atomic mass is 10.1. The molecule has 0 aliphatic heterocycles. The second-order valence-electron chi connectivity index (χ2n) is 4.21. The maximum absolute atomic E-state index is 5.99. The molecule has 17 heavy (non-hydrogen) atoms. The molecule has 0 spiro atoms. The molecule has 2 rings (SSSR count). The summed E-state index contributed by atoms with van der Waals surface area (Å²) >= 11 is 1.61. The molecule has 0 aliphatic rings. The molecule has 0 atom stereocenters. The van der Waals surface area contributed by atoms with Crippen molar-refractivity contribution in [2.75, 3.05) is 5.84 Å². The van der Waals surface area contributed by atoms with E-state index in [0.717, 1.165) is 10.7 Å². The van der Waals surface area contributed by atoms with Crippen LogP contribution in [0.25, 0.3) is 11.4 Å². The minimum absolute atomic E-state index is 0.437. The summed E-state index contributed by atoms with van der Waals surface area (Å²) in [7, 11) is 0. The third-order valence-electron chi connectivity index (χ3n) is 2.32. The lowest BCUT2D eigenvalue weighted by Gasteiger charge is -2.05. The molecule has 1 aromatic heterocycles. The first-order valence-electron chi connectivity index (χ1n) is 5.52. The molecule has 0 amide bonds. The third kappa shape index (κ3) is 2.61. The monoisotopic (exact) mass is 248 g/mol. The number of nitrogen functional groups attached to an aromatic ring is 1. The van der Waals surface area contributed by atoms with Gasteiger partial charge in [-0.05, 0) is 6.92 Å². The lowest BCUT2D eigenvalue weighted by Crippen LogP contribution is -2.12. The van der Waals surface area contributed by atoms with Crippen molar-refractivity contribution in [3.05, 3.63) is 29.8 Å². The number of nitrogens with zero attached hydrogens (tertiary/aromatic N) is 3. The highest BCUT2D eigenvalue weighted by Crippen LogP contribution is 2.24. The number of aryl methyl sites for hydroxylation is 1. The Labute approximate surface area is 105 Å². The van der Waals surface area contributed by atoms with Gasteiger partial charge in [0.25, 0.3) is 0 Å². The quantitative estimate of drug-likeness (QED) is 0.669. The Balaban J connectivity index is 2.33. The van der Waals surface area contributed by atoms with Gasteiger partial charge in [-0.2, -0.15) is 0 Å². The van der Waals surface area contributed by atoms with Crippen LogP contribution in [0.1, 0.15) is 19.4 Å². The van der Waals surface area contributed by atoms with E-state index < -0.39 is 0 Å². The molecular weight excluding hydrogens is 232 g/mol. The molecule has 0 fully saturated rings.